The first-order valence-electron chi connectivity index (χ1n) is 9.52. The van der Waals surface area contributed by atoms with Crippen molar-refractivity contribution in [3.63, 3.8) is 0 Å². The second kappa shape index (κ2) is 10.6. The number of benzene rings is 2. The number of hydrogen-bond donors (Lipinski definition) is 3. The third-order valence-electron chi connectivity index (χ3n) is 3.79. The van der Waals surface area contributed by atoms with Crippen molar-refractivity contribution in [2.24, 2.45) is 0 Å². The van der Waals surface area contributed by atoms with Gasteiger partial charge in [0.1, 0.15) is 5.60 Å². The van der Waals surface area contributed by atoms with E-state index in [1.165, 1.54) is 0 Å². The van der Waals surface area contributed by atoms with Gasteiger partial charge in [0, 0.05) is 35.8 Å². The molecule has 2 aromatic carbocycles. The number of alkyl carbamates (subject to hydrolysis) is 1. The van der Waals surface area contributed by atoms with E-state index in [-0.39, 0.29) is 24.8 Å². The molecule has 30 heavy (non-hydrogen) atoms. The van der Waals surface area contributed by atoms with Gasteiger partial charge in [0.2, 0.25) is 5.91 Å². The van der Waals surface area contributed by atoms with Gasteiger partial charge in [0.15, 0.2) is 0 Å². The number of halogens is 1. The van der Waals surface area contributed by atoms with E-state index >= 15 is 0 Å². The highest BCUT2D eigenvalue weighted by Crippen LogP contribution is 2.12. The fourth-order valence-corrected chi connectivity index (χ4v) is 2.59. The summed E-state index contributed by atoms with van der Waals surface area (Å²) in [5, 5.41) is 8.70. The van der Waals surface area contributed by atoms with Crippen molar-refractivity contribution in [2.75, 3.05) is 11.9 Å². The van der Waals surface area contributed by atoms with Gasteiger partial charge >= 0.3 is 6.09 Å². The first-order valence-corrected chi connectivity index (χ1v) is 9.89. The van der Waals surface area contributed by atoms with Gasteiger partial charge in [-0.25, -0.2) is 4.79 Å². The summed E-state index contributed by atoms with van der Waals surface area (Å²) in [7, 11) is 0. The van der Waals surface area contributed by atoms with Crippen LogP contribution in [-0.4, -0.2) is 30.1 Å². The zero-order valence-corrected chi connectivity index (χ0v) is 18.0. The second-order valence-corrected chi connectivity index (χ2v) is 8.05. The third-order valence-corrected chi connectivity index (χ3v) is 4.04. The number of rotatable bonds is 7. The molecule has 0 radical (unpaired) electrons. The van der Waals surface area contributed by atoms with E-state index in [0.29, 0.717) is 22.8 Å². The topological polar surface area (TPSA) is 96.5 Å². The standard InChI is InChI=1S/C22H26ClN3O4/c1-22(2,3)30-21(29)24-12-11-19(27)26-18-6-4-5-15(13-18)14-25-20(28)16-7-9-17(23)10-8-16/h4-10,13H,11-12,14H2,1-3H3,(H,24,29)(H,25,28)(H,26,27). The largest absolute Gasteiger partial charge is 0.444 e. The van der Waals surface area contributed by atoms with Crippen LogP contribution < -0.4 is 16.0 Å². The molecule has 0 bridgehead atoms. The van der Waals surface area contributed by atoms with E-state index in [0.717, 1.165) is 5.56 Å². The first-order chi connectivity index (χ1) is 14.1. The van der Waals surface area contributed by atoms with E-state index in [9.17, 15) is 14.4 Å². The van der Waals surface area contributed by atoms with E-state index in [4.69, 9.17) is 16.3 Å². The highest BCUT2D eigenvalue weighted by molar-refractivity contribution is 6.30. The number of amides is 3. The molecular weight excluding hydrogens is 406 g/mol. The van der Waals surface area contributed by atoms with Crippen molar-refractivity contribution in [3.05, 3.63) is 64.7 Å². The average Bonchev–Trinajstić information content (AvgIpc) is 2.65. The number of nitrogens with one attached hydrogen (secondary N) is 3. The van der Waals surface area contributed by atoms with Crippen LogP contribution in [0, 0.1) is 0 Å². The maximum atomic E-state index is 12.2. The lowest BCUT2D eigenvalue weighted by atomic mass is 10.1. The van der Waals surface area contributed by atoms with Gasteiger partial charge in [-0.3, -0.25) is 9.59 Å². The molecule has 0 saturated heterocycles. The summed E-state index contributed by atoms with van der Waals surface area (Å²) in [5.41, 5.74) is 1.37. The lowest BCUT2D eigenvalue weighted by molar-refractivity contribution is -0.116. The molecule has 0 fully saturated rings. The summed E-state index contributed by atoms with van der Waals surface area (Å²) < 4.78 is 5.11. The third kappa shape index (κ3) is 8.53. The Hall–Kier alpha value is -3.06. The van der Waals surface area contributed by atoms with Gasteiger partial charge in [0.05, 0.1) is 0 Å². The molecule has 0 aromatic heterocycles. The van der Waals surface area contributed by atoms with Gasteiger partial charge in [-0.05, 0) is 62.7 Å². The molecule has 0 aliphatic heterocycles. The van der Waals surface area contributed by atoms with Gasteiger partial charge in [-0.2, -0.15) is 0 Å². The summed E-state index contributed by atoms with van der Waals surface area (Å²) in [6.45, 7) is 5.78. The number of hydrogen-bond acceptors (Lipinski definition) is 4. The molecule has 0 atom stereocenters. The van der Waals surface area contributed by atoms with E-state index in [2.05, 4.69) is 16.0 Å². The molecule has 0 aliphatic rings. The highest BCUT2D eigenvalue weighted by atomic mass is 35.5. The lowest BCUT2D eigenvalue weighted by Crippen LogP contribution is -2.34. The minimum absolute atomic E-state index is 0.108. The van der Waals surface area contributed by atoms with E-state index in [1.54, 1.807) is 63.2 Å². The Labute approximate surface area is 181 Å². The van der Waals surface area contributed by atoms with Crippen LogP contribution in [0.25, 0.3) is 0 Å². The molecule has 3 N–H and O–H groups in total. The summed E-state index contributed by atoms with van der Waals surface area (Å²) in [6, 6.07) is 13.8. The molecule has 3 amide bonds. The molecule has 0 unspecified atom stereocenters. The molecule has 0 aliphatic carbocycles. The van der Waals surface area contributed by atoms with Crippen LogP contribution >= 0.6 is 11.6 Å². The van der Waals surface area contributed by atoms with Gasteiger partial charge in [-0.1, -0.05) is 23.7 Å². The molecule has 8 heteroatoms. The van der Waals surface area contributed by atoms with Crippen LogP contribution in [0.1, 0.15) is 43.1 Å². The first kappa shape index (κ1) is 23.2. The molecule has 7 nitrogen and oxygen atoms in total. The molecule has 2 rings (SSSR count). The average molecular weight is 432 g/mol. The van der Waals surface area contributed by atoms with E-state index in [1.807, 2.05) is 6.07 Å². The smallest absolute Gasteiger partial charge is 0.407 e. The predicted molar refractivity (Wildman–Crippen MR) is 117 cm³/mol. The van der Waals surface area contributed by atoms with Crippen molar-refractivity contribution >= 4 is 35.2 Å². The summed E-state index contributed by atoms with van der Waals surface area (Å²) in [5.74, 6) is -0.456. The Morgan fingerprint density at radius 1 is 1.00 bits per heavy atom. The molecule has 160 valence electrons. The number of anilines is 1. The van der Waals surface area contributed by atoms with Crippen LogP contribution in [-0.2, 0) is 16.1 Å². The molecule has 0 saturated carbocycles. The highest BCUT2D eigenvalue weighted by Gasteiger charge is 2.16. The Morgan fingerprint density at radius 3 is 2.37 bits per heavy atom. The summed E-state index contributed by atoms with van der Waals surface area (Å²) in [4.78, 5) is 35.9. The maximum Gasteiger partial charge on any atom is 0.407 e. The number of ether oxygens (including phenoxy) is 1. The van der Waals surface area contributed by atoms with Crippen molar-refractivity contribution in [3.8, 4) is 0 Å². The van der Waals surface area contributed by atoms with Crippen LogP contribution in [0.3, 0.4) is 0 Å². The minimum Gasteiger partial charge on any atom is -0.444 e. The fourth-order valence-electron chi connectivity index (χ4n) is 2.46. The lowest BCUT2D eigenvalue weighted by Gasteiger charge is -2.19. The Balaban J connectivity index is 1.79. The van der Waals surface area contributed by atoms with Gasteiger partial charge < -0.3 is 20.7 Å². The van der Waals surface area contributed by atoms with Crippen LogP contribution in [0.2, 0.25) is 5.02 Å². The Bertz CT molecular complexity index is 892. The second-order valence-electron chi connectivity index (χ2n) is 7.62. The summed E-state index contributed by atoms with van der Waals surface area (Å²) >= 11 is 5.83. The van der Waals surface area contributed by atoms with Crippen molar-refractivity contribution in [1.82, 2.24) is 10.6 Å². The zero-order chi connectivity index (χ0) is 22.1. The van der Waals surface area contributed by atoms with Gasteiger partial charge in [-0.15, -0.1) is 0 Å². The van der Waals surface area contributed by atoms with Crippen molar-refractivity contribution in [1.29, 1.82) is 0 Å². The van der Waals surface area contributed by atoms with Crippen LogP contribution in [0.4, 0.5) is 10.5 Å². The predicted octanol–water partition coefficient (Wildman–Crippen LogP) is 4.12. The van der Waals surface area contributed by atoms with Gasteiger partial charge in [0.25, 0.3) is 5.91 Å². The number of carbonyl (C=O) groups is 3. The normalized spacial score (nSPS) is 10.8. The molecule has 0 spiro atoms. The zero-order valence-electron chi connectivity index (χ0n) is 17.3. The Kier molecular flexibility index (Phi) is 8.24. The Morgan fingerprint density at radius 2 is 1.70 bits per heavy atom. The van der Waals surface area contributed by atoms with Crippen LogP contribution in [0.5, 0.6) is 0 Å². The molecular formula is C22H26ClN3O4. The number of carbonyl (C=O) groups excluding carboxylic acids is 3. The summed E-state index contributed by atoms with van der Waals surface area (Å²) in [6.07, 6.45) is -0.453. The molecule has 2 aromatic rings. The maximum absolute atomic E-state index is 12.2. The SMILES string of the molecule is CC(C)(C)OC(=O)NCCC(=O)Nc1cccc(CNC(=O)c2ccc(Cl)cc2)c1. The monoisotopic (exact) mass is 431 g/mol. The van der Waals surface area contributed by atoms with Crippen molar-refractivity contribution < 1.29 is 19.1 Å². The van der Waals surface area contributed by atoms with Crippen molar-refractivity contribution in [2.45, 2.75) is 39.3 Å². The van der Waals surface area contributed by atoms with Crippen LogP contribution in [0.15, 0.2) is 48.5 Å². The molecule has 0 heterocycles. The quantitative estimate of drug-likeness (QED) is 0.614. The fraction of sp³-hybridized carbons (Fsp3) is 0.318. The van der Waals surface area contributed by atoms with E-state index < -0.39 is 11.7 Å². The minimum atomic E-state index is -0.588.